The zero-order valence-corrected chi connectivity index (χ0v) is 15.8. The Bertz CT molecular complexity index is 962. The van der Waals surface area contributed by atoms with Crippen molar-refractivity contribution in [1.82, 2.24) is 10.3 Å². The summed E-state index contributed by atoms with van der Waals surface area (Å²) in [5.41, 5.74) is 1.76. The molecular weight excluding hydrogens is 378 g/mol. The molecule has 3 aromatic rings. The van der Waals surface area contributed by atoms with Gasteiger partial charge in [-0.05, 0) is 42.8 Å². The number of urea groups is 1. The van der Waals surface area contributed by atoms with Gasteiger partial charge in [0.2, 0.25) is 0 Å². The van der Waals surface area contributed by atoms with Crippen LogP contribution in [0.25, 0.3) is 0 Å². The second kappa shape index (κ2) is 9.01. The molecule has 0 aliphatic carbocycles. The van der Waals surface area contributed by atoms with Crippen LogP contribution in [0.1, 0.15) is 28.9 Å². The fraction of sp³-hybridized carbons (Fsp3) is 0.0952. The molecule has 0 radical (unpaired) electrons. The number of carbonyl (C=O) groups excluding carboxylic acids is 2. The summed E-state index contributed by atoms with van der Waals surface area (Å²) in [5, 5.41) is 4.98. The summed E-state index contributed by atoms with van der Waals surface area (Å²) < 4.78 is 5.89. The summed E-state index contributed by atoms with van der Waals surface area (Å²) in [4.78, 5) is 27.9. The first kappa shape index (κ1) is 19.4. The number of imide groups is 1. The van der Waals surface area contributed by atoms with Gasteiger partial charge in [0.05, 0.1) is 10.6 Å². The van der Waals surface area contributed by atoms with Crippen molar-refractivity contribution in [3.63, 3.8) is 0 Å². The van der Waals surface area contributed by atoms with Gasteiger partial charge in [-0.25, -0.2) is 4.79 Å². The predicted octanol–water partition coefficient (Wildman–Crippen LogP) is 4.84. The number of amides is 3. The first-order valence-electron chi connectivity index (χ1n) is 8.56. The predicted molar refractivity (Wildman–Crippen MR) is 108 cm³/mol. The number of rotatable bonds is 5. The summed E-state index contributed by atoms with van der Waals surface area (Å²) >= 11 is 5.90. The van der Waals surface area contributed by atoms with Crippen molar-refractivity contribution in [1.29, 1.82) is 0 Å². The Morgan fingerprint density at radius 2 is 1.75 bits per heavy atom. The van der Waals surface area contributed by atoms with E-state index in [0.717, 1.165) is 5.56 Å². The number of benzene rings is 2. The van der Waals surface area contributed by atoms with E-state index in [9.17, 15) is 9.59 Å². The van der Waals surface area contributed by atoms with E-state index in [1.807, 2.05) is 37.3 Å². The number of halogens is 1. The third-order valence-corrected chi connectivity index (χ3v) is 4.24. The summed E-state index contributed by atoms with van der Waals surface area (Å²) in [5.74, 6) is 0.0588. The summed E-state index contributed by atoms with van der Waals surface area (Å²) in [7, 11) is 0. The van der Waals surface area contributed by atoms with E-state index in [1.165, 1.54) is 18.5 Å². The lowest BCUT2D eigenvalue weighted by atomic mass is 10.1. The lowest BCUT2D eigenvalue weighted by Crippen LogP contribution is -2.34. The average molecular weight is 396 g/mol. The van der Waals surface area contributed by atoms with Gasteiger partial charge in [-0.2, -0.15) is 0 Å². The van der Waals surface area contributed by atoms with Gasteiger partial charge in [0.1, 0.15) is 11.9 Å². The van der Waals surface area contributed by atoms with Crippen LogP contribution in [0.5, 0.6) is 5.75 Å². The normalized spacial score (nSPS) is 11.4. The van der Waals surface area contributed by atoms with Crippen LogP contribution in [0, 0.1) is 0 Å². The second-order valence-electron chi connectivity index (χ2n) is 5.96. The highest BCUT2D eigenvalue weighted by molar-refractivity contribution is 6.34. The number of anilines is 1. The smallest absolute Gasteiger partial charge is 0.326 e. The number of hydrogen-bond acceptors (Lipinski definition) is 4. The highest BCUT2D eigenvalue weighted by Crippen LogP contribution is 2.23. The van der Waals surface area contributed by atoms with Crippen LogP contribution < -0.4 is 15.4 Å². The fourth-order valence-corrected chi connectivity index (χ4v) is 2.71. The van der Waals surface area contributed by atoms with Gasteiger partial charge in [0.25, 0.3) is 5.91 Å². The van der Waals surface area contributed by atoms with Crippen LogP contribution >= 0.6 is 11.6 Å². The standard InChI is InChI=1S/C21H18ClN3O3/c1-14(15-5-3-2-4-6-15)28-17-9-7-16(8-10-17)24-21(27)25-20(26)18-11-12-23-13-19(18)22/h2-14H,1H3,(H2,24,25,26,27). The molecule has 0 aliphatic heterocycles. The Labute approximate surface area is 167 Å². The monoisotopic (exact) mass is 395 g/mol. The van der Waals surface area contributed by atoms with Crippen LogP contribution in [0.4, 0.5) is 10.5 Å². The Morgan fingerprint density at radius 3 is 2.43 bits per heavy atom. The first-order valence-corrected chi connectivity index (χ1v) is 8.94. The highest BCUT2D eigenvalue weighted by Gasteiger charge is 2.13. The lowest BCUT2D eigenvalue weighted by molar-refractivity contribution is 0.0967. The topological polar surface area (TPSA) is 80.3 Å². The molecular formula is C21H18ClN3O3. The zero-order chi connectivity index (χ0) is 19.9. The molecule has 0 aliphatic rings. The minimum absolute atomic E-state index is 0.106. The van der Waals surface area contributed by atoms with E-state index in [4.69, 9.17) is 16.3 Å². The number of nitrogens with one attached hydrogen (secondary N) is 2. The van der Waals surface area contributed by atoms with Crippen molar-refractivity contribution in [2.45, 2.75) is 13.0 Å². The molecule has 1 aromatic heterocycles. The molecule has 1 heterocycles. The molecule has 28 heavy (non-hydrogen) atoms. The largest absolute Gasteiger partial charge is 0.486 e. The Hall–Kier alpha value is -3.38. The number of aromatic nitrogens is 1. The number of pyridine rings is 1. The Morgan fingerprint density at radius 1 is 1.04 bits per heavy atom. The fourth-order valence-electron chi connectivity index (χ4n) is 2.51. The molecule has 3 amide bonds. The molecule has 0 saturated carbocycles. The maximum Gasteiger partial charge on any atom is 0.326 e. The van der Waals surface area contributed by atoms with Crippen LogP contribution in [0.3, 0.4) is 0 Å². The minimum atomic E-state index is -0.663. The van der Waals surface area contributed by atoms with Gasteiger partial charge in [0.15, 0.2) is 0 Å². The van der Waals surface area contributed by atoms with Crippen molar-refractivity contribution in [2.24, 2.45) is 0 Å². The zero-order valence-electron chi connectivity index (χ0n) is 15.1. The van der Waals surface area contributed by atoms with E-state index in [-0.39, 0.29) is 16.7 Å². The quantitative estimate of drug-likeness (QED) is 0.648. The highest BCUT2D eigenvalue weighted by atomic mass is 35.5. The van der Waals surface area contributed by atoms with E-state index >= 15 is 0 Å². The summed E-state index contributed by atoms with van der Waals surface area (Å²) in [6, 6.07) is 17.5. The maximum atomic E-state index is 12.1. The van der Waals surface area contributed by atoms with Crippen LogP contribution in [-0.2, 0) is 0 Å². The van der Waals surface area contributed by atoms with E-state index < -0.39 is 11.9 Å². The average Bonchev–Trinajstić information content (AvgIpc) is 2.70. The molecule has 6 nitrogen and oxygen atoms in total. The molecule has 0 bridgehead atoms. The van der Waals surface area contributed by atoms with Crippen molar-refractivity contribution in [2.75, 3.05) is 5.32 Å². The van der Waals surface area contributed by atoms with Crippen molar-refractivity contribution in [3.05, 3.63) is 89.2 Å². The first-order chi connectivity index (χ1) is 13.5. The molecule has 0 fully saturated rings. The summed E-state index contributed by atoms with van der Waals surface area (Å²) in [6.45, 7) is 1.96. The second-order valence-corrected chi connectivity index (χ2v) is 6.37. The van der Waals surface area contributed by atoms with Gasteiger partial charge >= 0.3 is 6.03 Å². The van der Waals surface area contributed by atoms with Gasteiger partial charge in [0, 0.05) is 18.1 Å². The van der Waals surface area contributed by atoms with Crippen LogP contribution in [0.15, 0.2) is 73.1 Å². The van der Waals surface area contributed by atoms with Crippen molar-refractivity contribution >= 4 is 29.2 Å². The van der Waals surface area contributed by atoms with E-state index in [0.29, 0.717) is 11.4 Å². The number of nitrogens with zero attached hydrogens (tertiary/aromatic N) is 1. The molecule has 1 atom stereocenters. The maximum absolute atomic E-state index is 12.1. The van der Waals surface area contributed by atoms with Gasteiger partial charge in [-0.3, -0.25) is 15.1 Å². The SMILES string of the molecule is CC(Oc1ccc(NC(=O)NC(=O)c2ccncc2Cl)cc1)c1ccccc1. The van der Waals surface area contributed by atoms with Crippen molar-refractivity contribution < 1.29 is 14.3 Å². The number of hydrogen-bond donors (Lipinski definition) is 2. The third kappa shape index (κ3) is 5.08. The molecule has 0 spiro atoms. The Kier molecular flexibility index (Phi) is 6.24. The molecule has 7 heteroatoms. The summed E-state index contributed by atoms with van der Waals surface area (Å²) in [6.07, 6.45) is 2.66. The van der Waals surface area contributed by atoms with Gasteiger partial charge in [-0.1, -0.05) is 41.9 Å². The number of ether oxygens (including phenoxy) is 1. The van der Waals surface area contributed by atoms with Gasteiger partial charge < -0.3 is 10.1 Å². The van der Waals surface area contributed by atoms with E-state index in [2.05, 4.69) is 15.6 Å². The molecule has 1 unspecified atom stereocenters. The van der Waals surface area contributed by atoms with Gasteiger partial charge in [-0.15, -0.1) is 0 Å². The minimum Gasteiger partial charge on any atom is -0.486 e. The van der Waals surface area contributed by atoms with Crippen molar-refractivity contribution in [3.8, 4) is 5.75 Å². The lowest BCUT2D eigenvalue weighted by Gasteiger charge is -2.15. The van der Waals surface area contributed by atoms with Crippen LogP contribution in [0.2, 0.25) is 5.02 Å². The van der Waals surface area contributed by atoms with Crippen LogP contribution in [-0.4, -0.2) is 16.9 Å². The molecule has 142 valence electrons. The third-order valence-electron chi connectivity index (χ3n) is 3.94. The molecule has 0 saturated heterocycles. The molecule has 3 rings (SSSR count). The molecule has 2 aromatic carbocycles. The molecule has 2 N–H and O–H groups in total. The van der Waals surface area contributed by atoms with E-state index in [1.54, 1.807) is 24.3 Å². The number of carbonyl (C=O) groups is 2. The Balaban J connectivity index is 1.56.